The third kappa shape index (κ3) is 4.53. The zero-order valence-corrected chi connectivity index (χ0v) is 9.67. The van der Waals surface area contributed by atoms with E-state index in [1.54, 1.807) is 13.8 Å². The molecule has 0 atom stereocenters. The minimum atomic E-state index is -3.27. The fourth-order valence-corrected chi connectivity index (χ4v) is 1.90. The van der Waals surface area contributed by atoms with Crippen molar-refractivity contribution >= 4 is 16.3 Å². The van der Waals surface area contributed by atoms with E-state index in [1.165, 1.54) is 10.4 Å². The quantitative estimate of drug-likeness (QED) is 0.487. The molecule has 0 bridgehead atoms. The van der Waals surface area contributed by atoms with Gasteiger partial charge in [-0.25, -0.2) is 8.42 Å². The molecule has 0 saturated carbocycles. The lowest BCUT2D eigenvalue weighted by molar-refractivity contribution is -0.115. The molecule has 0 rings (SSSR count). The average molecular weight is 219 g/mol. The summed E-state index contributed by atoms with van der Waals surface area (Å²) >= 11 is 0. The zero-order chi connectivity index (χ0) is 11.4. The van der Waals surface area contributed by atoms with Gasteiger partial charge in [-0.1, -0.05) is 19.9 Å². The number of rotatable bonds is 6. The minimum absolute atomic E-state index is 0.182. The van der Waals surface area contributed by atoms with Gasteiger partial charge in [0.2, 0.25) is 10.0 Å². The summed E-state index contributed by atoms with van der Waals surface area (Å²) in [6, 6.07) is 0. The van der Waals surface area contributed by atoms with Crippen LogP contribution in [0.3, 0.4) is 0 Å². The van der Waals surface area contributed by atoms with E-state index >= 15 is 0 Å². The van der Waals surface area contributed by atoms with Crippen molar-refractivity contribution in [2.75, 3.05) is 19.3 Å². The third-order valence-corrected chi connectivity index (χ3v) is 2.92. The Hall–Kier alpha value is -0.680. The number of carbonyl (C=O) groups is 1. The summed E-state index contributed by atoms with van der Waals surface area (Å²) in [7, 11) is -3.27. The van der Waals surface area contributed by atoms with Crippen LogP contribution in [-0.2, 0) is 14.8 Å². The number of sulfonamides is 1. The fraction of sp³-hybridized carbons (Fsp3) is 0.667. The highest BCUT2D eigenvalue weighted by Gasteiger charge is 2.25. The van der Waals surface area contributed by atoms with Gasteiger partial charge in [0.15, 0.2) is 0 Å². The Kier molecular flexibility index (Phi) is 4.48. The maximum atomic E-state index is 11.3. The molecule has 0 N–H and O–H groups in total. The summed E-state index contributed by atoms with van der Waals surface area (Å²) < 4.78 is 23.8. The summed E-state index contributed by atoms with van der Waals surface area (Å²) in [5.41, 5.74) is -0.661. The number of nitrogens with zero attached hydrogens (tertiary/aromatic N) is 1. The van der Waals surface area contributed by atoms with E-state index in [9.17, 15) is 13.2 Å². The van der Waals surface area contributed by atoms with Gasteiger partial charge < -0.3 is 4.79 Å². The Labute approximate surface area is 85.7 Å². The van der Waals surface area contributed by atoms with Gasteiger partial charge in [-0.2, -0.15) is 4.31 Å². The van der Waals surface area contributed by atoms with Gasteiger partial charge in [0.05, 0.1) is 6.26 Å². The second-order valence-electron chi connectivity index (χ2n) is 3.95. The van der Waals surface area contributed by atoms with Crippen LogP contribution in [-0.4, -0.2) is 38.4 Å². The normalized spacial score (nSPS) is 12.9. The molecule has 0 saturated heterocycles. The molecule has 0 radical (unpaired) electrons. The summed E-state index contributed by atoms with van der Waals surface area (Å²) in [4.78, 5) is 10.6. The van der Waals surface area contributed by atoms with Gasteiger partial charge in [0.25, 0.3) is 0 Å². The Bertz CT molecular complexity index is 306. The van der Waals surface area contributed by atoms with Gasteiger partial charge in [-0.05, 0) is 0 Å². The predicted molar refractivity (Wildman–Crippen MR) is 56.5 cm³/mol. The van der Waals surface area contributed by atoms with Crippen LogP contribution in [0.5, 0.6) is 0 Å². The lowest BCUT2D eigenvalue weighted by atomic mass is 9.96. The largest absolute Gasteiger partial charge is 0.303 e. The first-order chi connectivity index (χ1) is 6.23. The Morgan fingerprint density at radius 1 is 1.43 bits per heavy atom. The molecule has 0 amide bonds. The first-order valence-electron chi connectivity index (χ1n) is 4.25. The van der Waals surface area contributed by atoms with E-state index in [1.807, 2.05) is 0 Å². The first-order valence-corrected chi connectivity index (χ1v) is 6.10. The van der Waals surface area contributed by atoms with Crippen molar-refractivity contribution in [3.8, 4) is 0 Å². The van der Waals surface area contributed by atoms with E-state index < -0.39 is 15.4 Å². The number of hydrogen-bond donors (Lipinski definition) is 0. The third-order valence-electron chi connectivity index (χ3n) is 1.70. The Balaban J connectivity index is 4.71. The molecule has 4 nitrogen and oxygen atoms in total. The van der Waals surface area contributed by atoms with Gasteiger partial charge in [-0.15, -0.1) is 6.58 Å². The van der Waals surface area contributed by atoms with Gasteiger partial charge in [-0.3, -0.25) is 0 Å². The SMILES string of the molecule is C=CCN(CC(C)(C)C=O)S(C)(=O)=O. The lowest BCUT2D eigenvalue weighted by Crippen LogP contribution is -2.39. The molecule has 0 heterocycles. The van der Waals surface area contributed by atoms with Crippen LogP contribution in [0.1, 0.15) is 13.8 Å². The molecule has 0 aliphatic rings. The van der Waals surface area contributed by atoms with Gasteiger partial charge in [0, 0.05) is 18.5 Å². The standard InChI is InChI=1S/C9H17NO3S/c1-5-6-10(14(4,12)13)7-9(2,3)8-11/h5,8H,1,6-7H2,2-4H3. The fourth-order valence-electron chi connectivity index (χ4n) is 0.953. The zero-order valence-electron chi connectivity index (χ0n) is 8.86. The van der Waals surface area contributed by atoms with Crippen LogP contribution in [0.15, 0.2) is 12.7 Å². The molecule has 0 spiro atoms. The average Bonchev–Trinajstić information content (AvgIpc) is 2.02. The van der Waals surface area contributed by atoms with Crippen molar-refractivity contribution < 1.29 is 13.2 Å². The molecule has 0 aromatic rings. The molecule has 0 aromatic carbocycles. The van der Waals surface area contributed by atoms with Crippen LogP contribution < -0.4 is 0 Å². The Morgan fingerprint density at radius 2 is 1.93 bits per heavy atom. The molecule has 0 unspecified atom stereocenters. The van der Waals surface area contributed by atoms with Gasteiger partial charge in [0.1, 0.15) is 6.29 Å². The van der Waals surface area contributed by atoms with Crippen LogP contribution in [0.2, 0.25) is 0 Å². The topological polar surface area (TPSA) is 54.5 Å². The molecule has 0 aliphatic heterocycles. The van der Waals surface area contributed by atoms with E-state index in [4.69, 9.17) is 0 Å². The van der Waals surface area contributed by atoms with Crippen molar-refractivity contribution in [3.63, 3.8) is 0 Å². The predicted octanol–water partition coefficient (Wildman–Crippen LogP) is 0.659. The lowest BCUT2D eigenvalue weighted by Gasteiger charge is -2.25. The molecule has 0 aliphatic carbocycles. The highest BCUT2D eigenvalue weighted by atomic mass is 32.2. The molecule has 0 fully saturated rings. The van der Waals surface area contributed by atoms with E-state index in [2.05, 4.69) is 6.58 Å². The highest BCUT2D eigenvalue weighted by Crippen LogP contribution is 2.15. The van der Waals surface area contributed by atoms with Crippen molar-refractivity contribution in [2.45, 2.75) is 13.8 Å². The van der Waals surface area contributed by atoms with Crippen LogP contribution in [0.4, 0.5) is 0 Å². The van der Waals surface area contributed by atoms with Crippen molar-refractivity contribution in [3.05, 3.63) is 12.7 Å². The maximum Gasteiger partial charge on any atom is 0.211 e. The van der Waals surface area contributed by atoms with Crippen LogP contribution in [0, 0.1) is 5.41 Å². The highest BCUT2D eigenvalue weighted by molar-refractivity contribution is 7.88. The smallest absolute Gasteiger partial charge is 0.211 e. The van der Waals surface area contributed by atoms with Crippen molar-refractivity contribution in [1.29, 1.82) is 0 Å². The summed E-state index contributed by atoms with van der Waals surface area (Å²) in [6.07, 6.45) is 3.38. The van der Waals surface area contributed by atoms with Crippen LogP contribution >= 0.6 is 0 Å². The molecular formula is C9H17NO3S. The van der Waals surface area contributed by atoms with Crippen molar-refractivity contribution in [1.82, 2.24) is 4.31 Å². The van der Waals surface area contributed by atoms with Gasteiger partial charge >= 0.3 is 0 Å². The van der Waals surface area contributed by atoms with E-state index in [-0.39, 0.29) is 13.1 Å². The maximum absolute atomic E-state index is 11.3. The molecule has 0 aromatic heterocycles. The van der Waals surface area contributed by atoms with E-state index in [0.29, 0.717) is 0 Å². The summed E-state index contributed by atoms with van der Waals surface area (Å²) in [5, 5.41) is 0. The summed E-state index contributed by atoms with van der Waals surface area (Å²) in [6.45, 7) is 7.28. The Morgan fingerprint density at radius 3 is 2.21 bits per heavy atom. The van der Waals surface area contributed by atoms with Crippen molar-refractivity contribution in [2.24, 2.45) is 5.41 Å². The number of carbonyl (C=O) groups excluding carboxylic acids is 1. The number of aldehydes is 1. The van der Waals surface area contributed by atoms with E-state index in [0.717, 1.165) is 12.5 Å². The molecular weight excluding hydrogens is 202 g/mol. The van der Waals surface area contributed by atoms with Crippen LogP contribution in [0.25, 0.3) is 0 Å². The molecule has 82 valence electrons. The summed E-state index contributed by atoms with van der Waals surface area (Å²) in [5.74, 6) is 0. The first kappa shape index (κ1) is 13.3. The monoisotopic (exact) mass is 219 g/mol. The number of hydrogen-bond acceptors (Lipinski definition) is 3. The molecule has 14 heavy (non-hydrogen) atoms. The molecule has 5 heteroatoms. The second kappa shape index (κ2) is 4.70. The second-order valence-corrected chi connectivity index (χ2v) is 5.93. The minimum Gasteiger partial charge on any atom is -0.303 e.